The Labute approximate surface area is 155 Å². The van der Waals surface area contributed by atoms with Crippen LogP contribution in [-0.2, 0) is 4.74 Å². The summed E-state index contributed by atoms with van der Waals surface area (Å²) in [6.45, 7) is 5.28. The molecule has 2 rings (SSSR count). The van der Waals surface area contributed by atoms with Crippen LogP contribution in [0.5, 0.6) is 11.5 Å². The Kier molecular flexibility index (Phi) is 6.35. The van der Waals surface area contributed by atoms with Crippen molar-refractivity contribution in [2.45, 2.75) is 26.4 Å². The van der Waals surface area contributed by atoms with E-state index in [-0.39, 0.29) is 0 Å². The van der Waals surface area contributed by atoms with Gasteiger partial charge in [0.1, 0.15) is 10.5 Å². The molecule has 2 aromatic rings. The molecule has 0 aliphatic carbocycles. The third kappa shape index (κ3) is 5.89. The van der Waals surface area contributed by atoms with Crippen molar-refractivity contribution >= 4 is 29.6 Å². The maximum absolute atomic E-state index is 12.0. The van der Waals surface area contributed by atoms with E-state index in [0.717, 1.165) is 0 Å². The summed E-state index contributed by atoms with van der Waals surface area (Å²) in [4.78, 5) is 24.1. The molecule has 0 spiro atoms. The smallest absolute Gasteiger partial charge is 0.428 e. The molecule has 1 heterocycles. The van der Waals surface area contributed by atoms with Crippen LogP contribution in [0.3, 0.4) is 0 Å². The number of benzene rings is 1. The molecule has 0 aliphatic heterocycles. The molecule has 7 nitrogen and oxygen atoms in total. The highest BCUT2D eigenvalue weighted by atomic mass is 32.1. The Balaban J connectivity index is 2.02. The molecular formula is C18H20N2O5S. The molecule has 8 heteroatoms. The fourth-order valence-corrected chi connectivity index (χ4v) is 2.45. The van der Waals surface area contributed by atoms with Gasteiger partial charge in [-0.15, -0.1) is 11.3 Å². The monoisotopic (exact) mass is 376 g/mol. The van der Waals surface area contributed by atoms with Gasteiger partial charge in [0.25, 0.3) is 0 Å². The summed E-state index contributed by atoms with van der Waals surface area (Å²) in [5.41, 5.74) is 2.32. The predicted molar refractivity (Wildman–Crippen MR) is 99.2 cm³/mol. The minimum Gasteiger partial charge on any atom is -0.493 e. The number of carbonyl (C=O) groups excluding carboxylic acids is 2. The molecule has 138 valence electrons. The van der Waals surface area contributed by atoms with Crippen molar-refractivity contribution in [2.75, 3.05) is 7.11 Å². The van der Waals surface area contributed by atoms with E-state index in [9.17, 15) is 9.59 Å². The van der Waals surface area contributed by atoms with E-state index in [4.69, 9.17) is 14.2 Å². The first-order valence-electron chi connectivity index (χ1n) is 7.74. The van der Waals surface area contributed by atoms with Crippen LogP contribution in [0.15, 0.2) is 40.8 Å². The Morgan fingerprint density at radius 3 is 2.58 bits per heavy atom. The van der Waals surface area contributed by atoms with Crippen LogP contribution < -0.4 is 14.9 Å². The summed E-state index contributed by atoms with van der Waals surface area (Å²) in [6.07, 6.45) is 0.777. The Morgan fingerprint density at radius 2 is 1.96 bits per heavy atom. The molecule has 0 atom stereocenters. The largest absolute Gasteiger partial charge is 0.493 e. The van der Waals surface area contributed by atoms with E-state index in [0.29, 0.717) is 21.9 Å². The van der Waals surface area contributed by atoms with Crippen LogP contribution in [-0.4, -0.2) is 31.0 Å². The zero-order valence-corrected chi connectivity index (χ0v) is 15.8. The lowest BCUT2D eigenvalue weighted by Gasteiger charge is -2.18. The summed E-state index contributed by atoms with van der Waals surface area (Å²) >= 11 is 1.30. The lowest BCUT2D eigenvalue weighted by molar-refractivity contribution is 0.0529. The second-order valence-electron chi connectivity index (χ2n) is 6.15. The topological polar surface area (TPSA) is 86.2 Å². The van der Waals surface area contributed by atoms with Gasteiger partial charge in [0.05, 0.1) is 13.3 Å². The molecule has 1 amide bonds. The molecule has 0 saturated heterocycles. The summed E-state index contributed by atoms with van der Waals surface area (Å²) < 4.78 is 15.7. The number of thiophene rings is 1. The number of nitrogens with one attached hydrogen (secondary N) is 1. The average Bonchev–Trinajstić information content (AvgIpc) is 3.09. The maximum atomic E-state index is 12.0. The molecule has 0 aliphatic rings. The predicted octanol–water partition coefficient (Wildman–Crippen LogP) is 3.83. The molecular weight excluding hydrogens is 356 g/mol. The van der Waals surface area contributed by atoms with Crippen molar-refractivity contribution in [1.29, 1.82) is 0 Å². The lowest BCUT2D eigenvalue weighted by Crippen LogP contribution is -2.29. The van der Waals surface area contributed by atoms with Crippen LogP contribution in [0.4, 0.5) is 4.79 Å². The molecule has 1 N–H and O–H groups in total. The molecule has 1 aromatic heterocycles. The summed E-state index contributed by atoms with van der Waals surface area (Å²) in [5, 5.41) is 5.62. The van der Waals surface area contributed by atoms with Gasteiger partial charge in [0.2, 0.25) is 0 Å². The van der Waals surface area contributed by atoms with Crippen molar-refractivity contribution in [3.63, 3.8) is 0 Å². The normalized spacial score (nSPS) is 11.2. The minimum atomic E-state index is -0.651. The molecule has 0 radical (unpaired) electrons. The summed E-state index contributed by atoms with van der Waals surface area (Å²) in [5.74, 6) is 0.214. The SMILES string of the molecule is COc1cc(C=NNC(=O)OC(C)(C)C)ccc1OC(=O)c1cccs1. The number of hydrogen-bond acceptors (Lipinski definition) is 7. The van der Waals surface area contributed by atoms with E-state index in [2.05, 4.69) is 10.5 Å². The number of methoxy groups -OCH3 is 1. The number of hydrazone groups is 1. The highest BCUT2D eigenvalue weighted by molar-refractivity contribution is 7.12. The van der Waals surface area contributed by atoms with Crippen molar-refractivity contribution in [2.24, 2.45) is 5.10 Å². The van der Waals surface area contributed by atoms with Crippen molar-refractivity contribution in [3.05, 3.63) is 46.2 Å². The second-order valence-corrected chi connectivity index (χ2v) is 7.10. The average molecular weight is 376 g/mol. The third-order valence-corrected chi connectivity index (χ3v) is 3.73. The summed E-state index contributed by atoms with van der Waals surface area (Å²) in [6, 6.07) is 8.37. The van der Waals surface area contributed by atoms with E-state index in [1.807, 2.05) is 0 Å². The van der Waals surface area contributed by atoms with Gasteiger partial charge in [-0.1, -0.05) is 6.07 Å². The van der Waals surface area contributed by atoms with Gasteiger partial charge in [-0.05, 0) is 56.0 Å². The number of amides is 1. The van der Waals surface area contributed by atoms with Gasteiger partial charge < -0.3 is 14.2 Å². The zero-order chi connectivity index (χ0) is 19.2. The maximum Gasteiger partial charge on any atom is 0.428 e. The number of hydrogen-bond donors (Lipinski definition) is 1. The Hall–Kier alpha value is -2.87. The van der Waals surface area contributed by atoms with Gasteiger partial charge in [-0.25, -0.2) is 15.0 Å². The fraction of sp³-hybridized carbons (Fsp3) is 0.278. The summed E-state index contributed by atoms with van der Waals surface area (Å²) in [7, 11) is 1.47. The number of nitrogens with zero attached hydrogens (tertiary/aromatic N) is 1. The van der Waals surface area contributed by atoms with Crippen molar-refractivity contribution in [1.82, 2.24) is 5.43 Å². The van der Waals surface area contributed by atoms with Gasteiger partial charge in [0.15, 0.2) is 11.5 Å². The Morgan fingerprint density at radius 1 is 1.19 bits per heavy atom. The second kappa shape index (κ2) is 8.48. The molecule has 0 saturated carbocycles. The molecule has 0 unspecified atom stereocenters. The first-order chi connectivity index (χ1) is 12.3. The van der Waals surface area contributed by atoms with Crippen LogP contribution >= 0.6 is 11.3 Å². The molecule has 1 aromatic carbocycles. The highest BCUT2D eigenvalue weighted by Gasteiger charge is 2.16. The van der Waals surface area contributed by atoms with Gasteiger partial charge in [-0.3, -0.25) is 0 Å². The third-order valence-electron chi connectivity index (χ3n) is 2.88. The number of esters is 1. The quantitative estimate of drug-likeness (QED) is 0.371. The minimum absolute atomic E-state index is 0.295. The van der Waals surface area contributed by atoms with E-state index in [1.54, 1.807) is 56.5 Å². The van der Waals surface area contributed by atoms with E-state index >= 15 is 0 Å². The Bertz CT molecular complexity index is 794. The first kappa shape index (κ1) is 19.5. The fourth-order valence-electron chi connectivity index (χ4n) is 1.85. The van der Waals surface area contributed by atoms with Crippen LogP contribution in [0.2, 0.25) is 0 Å². The zero-order valence-electron chi connectivity index (χ0n) is 14.9. The number of carbonyl (C=O) groups is 2. The molecule has 0 bridgehead atoms. The number of rotatable bonds is 5. The van der Waals surface area contributed by atoms with E-state index in [1.165, 1.54) is 24.7 Å². The first-order valence-corrected chi connectivity index (χ1v) is 8.62. The lowest BCUT2D eigenvalue weighted by atomic mass is 10.2. The van der Waals surface area contributed by atoms with Gasteiger partial charge >= 0.3 is 12.1 Å². The number of ether oxygens (including phenoxy) is 3. The van der Waals surface area contributed by atoms with Crippen molar-refractivity contribution < 1.29 is 23.8 Å². The van der Waals surface area contributed by atoms with Crippen LogP contribution in [0.1, 0.15) is 36.0 Å². The van der Waals surface area contributed by atoms with Crippen LogP contribution in [0.25, 0.3) is 0 Å². The van der Waals surface area contributed by atoms with Gasteiger partial charge in [0, 0.05) is 0 Å². The molecule has 26 heavy (non-hydrogen) atoms. The van der Waals surface area contributed by atoms with Crippen molar-refractivity contribution in [3.8, 4) is 11.5 Å². The highest BCUT2D eigenvalue weighted by Crippen LogP contribution is 2.28. The standard InChI is InChI=1S/C18H20N2O5S/c1-18(2,3)25-17(22)20-19-11-12-7-8-13(14(10-12)23-4)24-16(21)15-6-5-9-26-15/h5-11H,1-4H3,(H,20,22). The van der Waals surface area contributed by atoms with Gasteiger partial charge in [-0.2, -0.15) is 5.10 Å². The molecule has 0 fully saturated rings. The van der Waals surface area contributed by atoms with Crippen LogP contribution in [0, 0.1) is 0 Å². The van der Waals surface area contributed by atoms with E-state index < -0.39 is 17.7 Å².